The van der Waals surface area contributed by atoms with Gasteiger partial charge in [-0.05, 0) is 42.3 Å². The molecule has 1 heterocycles. The number of amides is 1. The molecule has 5 nitrogen and oxygen atoms in total. The van der Waals surface area contributed by atoms with E-state index in [0.29, 0.717) is 17.9 Å². The van der Waals surface area contributed by atoms with Gasteiger partial charge in [0, 0.05) is 12.1 Å². The Morgan fingerprint density at radius 2 is 2.18 bits per heavy atom. The molecular formula is C17H17N3O2. The van der Waals surface area contributed by atoms with E-state index in [-0.39, 0.29) is 5.91 Å². The Kier molecular flexibility index (Phi) is 4.05. The first-order valence-corrected chi connectivity index (χ1v) is 7.10. The molecule has 22 heavy (non-hydrogen) atoms. The topological polar surface area (TPSA) is 67.0 Å². The molecular weight excluding hydrogens is 278 g/mol. The second-order valence-electron chi connectivity index (χ2n) is 4.99. The number of nitrogens with one attached hydrogen (secondary N) is 2. The summed E-state index contributed by atoms with van der Waals surface area (Å²) in [5, 5.41) is 2.92. The molecule has 0 aliphatic heterocycles. The maximum Gasteiger partial charge on any atom is 0.251 e. The van der Waals surface area contributed by atoms with Crippen LogP contribution in [0.4, 0.5) is 0 Å². The second kappa shape index (κ2) is 6.30. The lowest BCUT2D eigenvalue weighted by Crippen LogP contribution is -2.25. The van der Waals surface area contributed by atoms with Gasteiger partial charge in [-0.3, -0.25) is 4.79 Å². The van der Waals surface area contributed by atoms with Gasteiger partial charge in [0.2, 0.25) is 0 Å². The van der Waals surface area contributed by atoms with Gasteiger partial charge in [0.05, 0.1) is 24.5 Å². The van der Waals surface area contributed by atoms with Crippen molar-refractivity contribution >= 4 is 16.9 Å². The van der Waals surface area contributed by atoms with Crippen molar-refractivity contribution in [2.45, 2.75) is 6.42 Å². The van der Waals surface area contributed by atoms with Gasteiger partial charge < -0.3 is 15.0 Å². The number of methoxy groups -OCH3 is 1. The summed E-state index contributed by atoms with van der Waals surface area (Å²) in [5.41, 5.74) is 3.71. The lowest BCUT2D eigenvalue weighted by atomic mass is 10.1. The number of fused-ring (bicyclic) bond motifs is 1. The predicted molar refractivity (Wildman–Crippen MR) is 85.1 cm³/mol. The van der Waals surface area contributed by atoms with Crippen LogP contribution in [0.25, 0.3) is 11.0 Å². The Morgan fingerprint density at radius 3 is 3.05 bits per heavy atom. The number of carbonyl (C=O) groups excluding carboxylic acids is 1. The minimum Gasteiger partial charge on any atom is -0.497 e. The molecule has 0 fully saturated rings. The maximum atomic E-state index is 12.1. The summed E-state index contributed by atoms with van der Waals surface area (Å²) in [6.45, 7) is 0.579. The van der Waals surface area contributed by atoms with E-state index < -0.39 is 0 Å². The third-order valence-electron chi connectivity index (χ3n) is 3.52. The summed E-state index contributed by atoms with van der Waals surface area (Å²) in [6.07, 6.45) is 2.45. The number of benzene rings is 2. The Morgan fingerprint density at radius 1 is 1.27 bits per heavy atom. The first kappa shape index (κ1) is 14.1. The van der Waals surface area contributed by atoms with Gasteiger partial charge in [-0.2, -0.15) is 0 Å². The van der Waals surface area contributed by atoms with Crippen LogP contribution in [-0.4, -0.2) is 29.5 Å². The zero-order valence-corrected chi connectivity index (χ0v) is 12.3. The Bertz CT molecular complexity index is 795. The van der Waals surface area contributed by atoms with Crippen molar-refractivity contribution in [3.63, 3.8) is 0 Å². The number of nitrogens with zero attached hydrogens (tertiary/aromatic N) is 1. The molecule has 0 saturated carbocycles. The summed E-state index contributed by atoms with van der Waals surface area (Å²) in [7, 11) is 1.59. The van der Waals surface area contributed by atoms with E-state index in [1.165, 1.54) is 0 Å². The monoisotopic (exact) mass is 295 g/mol. The standard InChI is InChI=1S/C17H17N3O2/c1-22-14-4-2-3-13(10-14)17(21)18-8-7-12-5-6-15-16(9-12)20-11-19-15/h2-6,9-11H,7-8H2,1H3,(H,18,21)(H,19,20). The van der Waals surface area contributed by atoms with Crippen molar-refractivity contribution in [1.29, 1.82) is 0 Å². The SMILES string of the molecule is COc1cccc(C(=O)NCCc2ccc3nc[nH]c3c2)c1. The predicted octanol–water partition coefficient (Wildman–Crippen LogP) is 2.54. The highest BCUT2D eigenvalue weighted by atomic mass is 16.5. The molecule has 2 aromatic carbocycles. The molecule has 112 valence electrons. The number of H-pyrrole nitrogens is 1. The van der Waals surface area contributed by atoms with Crippen LogP contribution in [0.3, 0.4) is 0 Å². The van der Waals surface area contributed by atoms with Gasteiger partial charge in [-0.1, -0.05) is 12.1 Å². The number of carbonyl (C=O) groups is 1. The van der Waals surface area contributed by atoms with Crippen LogP contribution >= 0.6 is 0 Å². The highest BCUT2D eigenvalue weighted by Gasteiger charge is 2.06. The lowest BCUT2D eigenvalue weighted by Gasteiger charge is -2.07. The number of aromatic amines is 1. The summed E-state index contributed by atoms with van der Waals surface area (Å²) in [4.78, 5) is 19.4. The molecule has 0 radical (unpaired) electrons. The van der Waals surface area contributed by atoms with Gasteiger partial charge >= 0.3 is 0 Å². The third-order valence-corrected chi connectivity index (χ3v) is 3.52. The van der Waals surface area contributed by atoms with E-state index in [1.807, 2.05) is 18.2 Å². The second-order valence-corrected chi connectivity index (χ2v) is 4.99. The largest absolute Gasteiger partial charge is 0.497 e. The molecule has 0 unspecified atom stereocenters. The van der Waals surface area contributed by atoms with Crippen LogP contribution in [0.2, 0.25) is 0 Å². The molecule has 0 aliphatic carbocycles. The first-order chi connectivity index (χ1) is 10.8. The molecule has 0 bridgehead atoms. The molecule has 3 rings (SSSR count). The quantitative estimate of drug-likeness (QED) is 0.760. The average molecular weight is 295 g/mol. The van der Waals surface area contributed by atoms with Crippen molar-refractivity contribution < 1.29 is 9.53 Å². The number of hydrogen-bond acceptors (Lipinski definition) is 3. The van der Waals surface area contributed by atoms with Gasteiger partial charge in [-0.15, -0.1) is 0 Å². The number of hydrogen-bond donors (Lipinski definition) is 2. The fraction of sp³-hybridized carbons (Fsp3) is 0.176. The Hall–Kier alpha value is -2.82. The van der Waals surface area contributed by atoms with Crippen LogP contribution < -0.4 is 10.1 Å². The van der Waals surface area contributed by atoms with Crippen molar-refractivity contribution in [3.05, 3.63) is 59.9 Å². The highest BCUT2D eigenvalue weighted by Crippen LogP contribution is 2.13. The number of ether oxygens (including phenoxy) is 1. The molecule has 3 aromatic rings. The van der Waals surface area contributed by atoms with Crippen molar-refractivity contribution in [3.8, 4) is 5.75 Å². The highest BCUT2D eigenvalue weighted by molar-refractivity contribution is 5.94. The third kappa shape index (κ3) is 3.09. The number of rotatable bonds is 5. The van der Waals surface area contributed by atoms with E-state index in [9.17, 15) is 4.79 Å². The van der Waals surface area contributed by atoms with Crippen LogP contribution in [0.5, 0.6) is 5.75 Å². The van der Waals surface area contributed by atoms with Crippen LogP contribution in [-0.2, 0) is 6.42 Å². The normalized spacial score (nSPS) is 10.6. The zero-order valence-electron chi connectivity index (χ0n) is 12.3. The van der Waals surface area contributed by atoms with Gasteiger partial charge in [0.1, 0.15) is 5.75 Å². The minimum absolute atomic E-state index is 0.0958. The number of imidazole rings is 1. The van der Waals surface area contributed by atoms with Crippen molar-refractivity contribution in [1.82, 2.24) is 15.3 Å². The van der Waals surface area contributed by atoms with Crippen molar-refractivity contribution in [2.75, 3.05) is 13.7 Å². The van der Waals surface area contributed by atoms with E-state index >= 15 is 0 Å². The molecule has 0 atom stereocenters. The number of aromatic nitrogens is 2. The fourth-order valence-electron chi connectivity index (χ4n) is 2.32. The zero-order chi connectivity index (χ0) is 15.4. The van der Waals surface area contributed by atoms with Crippen LogP contribution in [0, 0.1) is 0 Å². The van der Waals surface area contributed by atoms with E-state index in [0.717, 1.165) is 23.0 Å². The molecule has 5 heteroatoms. The average Bonchev–Trinajstić information content (AvgIpc) is 3.02. The summed E-state index contributed by atoms with van der Waals surface area (Å²) in [5.74, 6) is 0.582. The summed E-state index contributed by atoms with van der Waals surface area (Å²) in [6, 6.07) is 13.2. The van der Waals surface area contributed by atoms with E-state index in [2.05, 4.69) is 21.4 Å². The molecule has 0 spiro atoms. The van der Waals surface area contributed by atoms with Crippen LogP contribution in [0.1, 0.15) is 15.9 Å². The maximum absolute atomic E-state index is 12.1. The fourth-order valence-corrected chi connectivity index (χ4v) is 2.32. The molecule has 0 aliphatic rings. The molecule has 0 saturated heterocycles. The van der Waals surface area contributed by atoms with E-state index in [1.54, 1.807) is 31.6 Å². The van der Waals surface area contributed by atoms with Gasteiger partial charge in [0.15, 0.2) is 0 Å². The van der Waals surface area contributed by atoms with Crippen LogP contribution in [0.15, 0.2) is 48.8 Å². The molecule has 1 aromatic heterocycles. The van der Waals surface area contributed by atoms with Crippen molar-refractivity contribution in [2.24, 2.45) is 0 Å². The molecule has 1 amide bonds. The minimum atomic E-state index is -0.0958. The summed E-state index contributed by atoms with van der Waals surface area (Å²) >= 11 is 0. The Balaban J connectivity index is 1.58. The molecule has 2 N–H and O–H groups in total. The van der Waals surface area contributed by atoms with Gasteiger partial charge in [-0.25, -0.2) is 4.98 Å². The van der Waals surface area contributed by atoms with Gasteiger partial charge in [0.25, 0.3) is 5.91 Å². The lowest BCUT2D eigenvalue weighted by molar-refractivity contribution is 0.0954. The summed E-state index contributed by atoms with van der Waals surface area (Å²) < 4.78 is 5.12. The smallest absolute Gasteiger partial charge is 0.251 e. The Labute approximate surface area is 128 Å². The van der Waals surface area contributed by atoms with E-state index in [4.69, 9.17) is 4.74 Å². The first-order valence-electron chi connectivity index (χ1n) is 7.10.